The summed E-state index contributed by atoms with van der Waals surface area (Å²) in [5.74, 6) is 0.909. The third kappa shape index (κ3) is 3.03. The summed E-state index contributed by atoms with van der Waals surface area (Å²) in [7, 11) is 0. The van der Waals surface area contributed by atoms with Crippen LogP contribution in [0.1, 0.15) is 31.0 Å². The van der Waals surface area contributed by atoms with Gasteiger partial charge in [0.05, 0.1) is 5.69 Å². The predicted octanol–water partition coefficient (Wildman–Crippen LogP) is 2.62. The summed E-state index contributed by atoms with van der Waals surface area (Å²) in [6, 6.07) is 4.29. The molecule has 0 spiro atoms. The maximum absolute atomic E-state index is 4.45. The summed E-state index contributed by atoms with van der Waals surface area (Å²) < 4.78 is 0. The Morgan fingerprint density at radius 1 is 1.33 bits per heavy atom. The maximum atomic E-state index is 4.45. The molecule has 0 amide bonds. The van der Waals surface area contributed by atoms with Crippen LogP contribution in [-0.4, -0.2) is 23.0 Å². The van der Waals surface area contributed by atoms with Crippen molar-refractivity contribution in [3.05, 3.63) is 29.6 Å². The van der Waals surface area contributed by atoms with E-state index in [2.05, 4.69) is 35.9 Å². The molecule has 2 heteroatoms. The minimum absolute atomic E-state index is 0.909. The zero-order valence-electron chi connectivity index (χ0n) is 9.74. The van der Waals surface area contributed by atoms with Crippen LogP contribution in [0.3, 0.4) is 0 Å². The Labute approximate surface area is 92.3 Å². The van der Waals surface area contributed by atoms with Crippen LogP contribution >= 0.6 is 0 Å². The maximum Gasteiger partial charge on any atom is 0.0544 e. The van der Waals surface area contributed by atoms with Gasteiger partial charge in [-0.25, -0.2) is 0 Å². The molecule has 0 atom stereocenters. The molecule has 0 aliphatic carbocycles. The number of piperidine rings is 1. The second-order valence-electron chi connectivity index (χ2n) is 4.79. The highest BCUT2D eigenvalue weighted by Gasteiger charge is 2.15. The normalized spacial score (nSPS) is 19.3. The molecule has 2 nitrogen and oxygen atoms in total. The summed E-state index contributed by atoms with van der Waals surface area (Å²) in [6.07, 6.45) is 4.64. The Kier molecular flexibility index (Phi) is 3.37. The lowest BCUT2D eigenvalue weighted by molar-refractivity contribution is 0.183. The highest BCUT2D eigenvalue weighted by Crippen LogP contribution is 2.17. The van der Waals surface area contributed by atoms with Crippen LogP contribution in [0.4, 0.5) is 0 Å². The summed E-state index contributed by atoms with van der Waals surface area (Å²) >= 11 is 0. The third-order valence-electron chi connectivity index (χ3n) is 3.23. The fraction of sp³-hybridized carbons (Fsp3) is 0.615. The molecule has 2 heterocycles. The van der Waals surface area contributed by atoms with Crippen LogP contribution in [-0.2, 0) is 6.54 Å². The van der Waals surface area contributed by atoms with E-state index in [1.54, 1.807) is 0 Å². The van der Waals surface area contributed by atoms with Crippen LogP contribution in [0, 0.1) is 12.8 Å². The number of likely N-dealkylation sites (tertiary alicyclic amines) is 1. The van der Waals surface area contributed by atoms with Crippen LogP contribution < -0.4 is 0 Å². The summed E-state index contributed by atoms with van der Waals surface area (Å²) in [4.78, 5) is 6.96. The molecule has 1 aromatic rings. The van der Waals surface area contributed by atoms with Gasteiger partial charge in [-0.15, -0.1) is 0 Å². The van der Waals surface area contributed by atoms with Crippen molar-refractivity contribution < 1.29 is 0 Å². The SMILES string of the molecule is Cc1ccc(CN2CCC(C)CC2)nc1. The molecular formula is C13H20N2. The van der Waals surface area contributed by atoms with Gasteiger partial charge in [-0.05, 0) is 50.4 Å². The Hall–Kier alpha value is -0.890. The topological polar surface area (TPSA) is 16.1 Å². The standard InChI is InChI=1S/C13H20N2/c1-11-5-7-15(8-6-11)10-13-4-3-12(2)9-14-13/h3-4,9,11H,5-8,10H2,1-2H3. The Morgan fingerprint density at radius 3 is 2.67 bits per heavy atom. The van der Waals surface area contributed by atoms with Crippen molar-refractivity contribution >= 4 is 0 Å². The van der Waals surface area contributed by atoms with Crippen molar-refractivity contribution in [2.45, 2.75) is 33.2 Å². The Morgan fingerprint density at radius 2 is 2.07 bits per heavy atom. The van der Waals surface area contributed by atoms with E-state index in [1.165, 1.54) is 37.2 Å². The fourth-order valence-electron chi connectivity index (χ4n) is 2.04. The minimum atomic E-state index is 0.909. The van der Waals surface area contributed by atoms with E-state index in [-0.39, 0.29) is 0 Å². The van der Waals surface area contributed by atoms with E-state index in [9.17, 15) is 0 Å². The van der Waals surface area contributed by atoms with Crippen LogP contribution in [0.15, 0.2) is 18.3 Å². The highest BCUT2D eigenvalue weighted by molar-refractivity contribution is 5.12. The summed E-state index contributed by atoms with van der Waals surface area (Å²) in [5.41, 5.74) is 2.45. The van der Waals surface area contributed by atoms with E-state index in [0.29, 0.717) is 0 Å². The van der Waals surface area contributed by atoms with Crippen molar-refractivity contribution in [1.82, 2.24) is 9.88 Å². The molecule has 0 saturated carbocycles. The minimum Gasteiger partial charge on any atom is -0.297 e. The first kappa shape index (κ1) is 10.6. The van der Waals surface area contributed by atoms with Crippen molar-refractivity contribution in [3.8, 4) is 0 Å². The number of hydrogen-bond acceptors (Lipinski definition) is 2. The molecule has 1 aromatic heterocycles. The second kappa shape index (κ2) is 4.75. The van der Waals surface area contributed by atoms with Crippen molar-refractivity contribution in [1.29, 1.82) is 0 Å². The van der Waals surface area contributed by atoms with Gasteiger partial charge in [0.2, 0.25) is 0 Å². The van der Waals surface area contributed by atoms with Gasteiger partial charge in [0.1, 0.15) is 0 Å². The van der Waals surface area contributed by atoms with Gasteiger partial charge in [-0.2, -0.15) is 0 Å². The lowest BCUT2D eigenvalue weighted by Crippen LogP contribution is -2.32. The van der Waals surface area contributed by atoms with Gasteiger partial charge >= 0.3 is 0 Å². The summed E-state index contributed by atoms with van der Waals surface area (Å²) in [5, 5.41) is 0. The predicted molar refractivity (Wildman–Crippen MR) is 62.6 cm³/mol. The zero-order chi connectivity index (χ0) is 10.7. The number of aromatic nitrogens is 1. The molecule has 82 valence electrons. The van der Waals surface area contributed by atoms with Crippen LogP contribution in [0.5, 0.6) is 0 Å². The molecule has 0 aromatic carbocycles. The zero-order valence-corrected chi connectivity index (χ0v) is 9.74. The molecule has 0 radical (unpaired) electrons. The molecule has 0 unspecified atom stereocenters. The van der Waals surface area contributed by atoms with Crippen molar-refractivity contribution in [2.75, 3.05) is 13.1 Å². The molecule has 0 N–H and O–H groups in total. The van der Waals surface area contributed by atoms with E-state index < -0.39 is 0 Å². The van der Waals surface area contributed by atoms with Crippen molar-refractivity contribution in [2.24, 2.45) is 5.92 Å². The lowest BCUT2D eigenvalue weighted by Gasteiger charge is -2.29. The van der Waals surface area contributed by atoms with E-state index in [4.69, 9.17) is 0 Å². The van der Waals surface area contributed by atoms with Gasteiger partial charge in [-0.1, -0.05) is 13.0 Å². The smallest absolute Gasteiger partial charge is 0.0544 e. The number of aryl methyl sites for hydroxylation is 1. The number of pyridine rings is 1. The van der Waals surface area contributed by atoms with Gasteiger partial charge in [0.25, 0.3) is 0 Å². The molecule has 0 bridgehead atoms. The molecule has 15 heavy (non-hydrogen) atoms. The second-order valence-corrected chi connectivity index (χ2v) is 4.79. The lowest BCUT2D eigenvalue weighted by atomic mass is 9.99. The number of rotatable bonds is 2. The third-order valence-corrected chi connectivity index (χ3v) is 3.23. The van der Waals surface area contributed by atoms with Gasteiger partial charge < -0.3 is 0 Å². The van der Waals surface area contributed by atoms with Gasteiger partial charge in [0, 0.05) is 12.7 Å². The molecule has 1 aliphatic rings. The first-order valence-corrected chi connectivity index (χ1v) is 5.88. The Bertz CT molecular complexity index is 297. The van der Waals surface area contributed by atoms with Crippen LogP contribution in [0.25, 0.3) is 0 Å². The van der Waals surface area contributed by atoms with E-state index in [1.807, 2.05) is 6.20 Å². The van der Waals surface area contributed by atoms with Gasteiger partial charge in [0.15, 0.2) is 0 Å². The fourth-order valence-corrected chi connectivity index (χ4v) is 2.04. The van der Waals surface area contributed by atoms with Crippen LogP contribution in [0.2, 0.25) is 0 Å². The number of hydrogen-bond donors (Lipinski definition) is 0. The molecular weight excluding hydrogens is 184 g/mol. The van der Waals surface area contributed by atoms with Crippen molar-refractivity contribution in [3.63, 3.8) is 0 Å². The highest BCUT2D eigenvalue weighted by atomic mass is 15.1. The largest absolute Gasteiger partial charge is 0.297 e. The monoisotopic (exact) mass is 204 g/mol. The first-order valence-electron chi connectivity index (χ1n) is 5.88. The molecule has 2 rings (SSSR count). The average molecular weight is 204 g/mol. The van der Waals surface area contributed by atoms with E-state index in [0.717, 1.165) is 12.5 Å². The van der Waals surface area contributed by atoms with E-state index >= 15 is 0 Å². The first-order chi connectivity index (χ1) is 7.24. The van der Waals surface area contributed by atoms with Gasteiger partial charge in [-0.3, -0.25) is 9.88 Å². The number of nitrogens with zero attached hydrogens (tertiary/aromatic N) is 2. The molecule has 1 aliphatic heterocycles. The quantitative estimate of drug-likeness (QED) is 0.736. The average Bonchev–Trinajstić information content (AvgIpc) is 2.25. The summed E-state index contributed by atoms with van der Waals surface area (Å²) in [6.45, 7) is 7.92. The molecule has 1 fully saturated rings. The Balaban J connectivity index is 1.89. The molecule has 1 saturated heterocycles.